The Morgan fingerprint density at radius 3 is 2.72 bits per heavy atom. The number of amides is 1. The lowest BCUT2D eigenvalue weighted by atomic mass is 10.2. The molecule has 1 rings (SSSR count). The standard InChI is InChI=1S/C11H15IN2O3.ClH/c1-16-6-9(13)11(15)14-10-5-7(17-2)3-4-8(10)12;/h3-5,9H,6,13H2,1-2H3,(H,14,15);1H. The van der Waals surface area contributed by atoms with Crippen molar-refractivity contribution in [1.29, 1.82) is 0 Å². The van der Waals surface area contributed by atoms with E-state index >= 15 is 0 Å². The zero-order chi connectivity index (χ0) is 12.8. The van der Waals surface area contributed by atoms with E-state index in [9.17, 15) is 4.79 Å². The molecule has 3 N–H and O–H groups in total. The van der Waals surface area contributed by atoms with Crippen LogP contribution in [0.3, 0.4) is 0 Å². The number of rotatable bonds is 5. The van der Waals surface area contributed by atoms with E-state index in [1.807, 2.05) is 12.1 Å². The minimum atomic E-state index is -0.679. The Hall–Kier alpha value is -0.570. The van der Waals surface area contributed by atoms with E-state index in [1.54, 1.807) is 13.2 Å². The van der Waals surface area contributed by atoms with Crippen LogP contribution in [0.15, 0.2) is 18.2 Å². The number of carbonyl (C=O) groups is 1. The summed E-state index contributed by atoms with van der Waals surface area (Å²) in [5, 5.41) is 2.74. The van der Waals surface area contributed by atoms with E-state index in [1.165, 1.54) is 7.11 Å². The molecular formula is C11H16ClIN2O3. The van der Waals surface area contributed by atoms with Crippen LogP contribution in [-0.4, -0.2) is 32.8 Å². The van der Waals surface area contributed by atoms with Crippen LogP contribution in [0.25, 0.3) is 0 Å². The van der Waals surface area contributed by atoms with Crippen LogP contribution in [0.5, 0.6) is 5.75 Å². The average molecular weight is 387 g/mol. The van der Waals surface area contributed by atoms with E-state index in [0.29, 0.717) is 11.4 Å². The van der Waals surface area contributed by atoms with Gasteiger partial charge in [0.25, 0.3) is 0 Å². The predicted octanol–water partition coefficient (Wildman–Crippen LogP) is 1.63. The lowest BCUT2D eigenvalue weighted by molar-refractivity contribution is -0.118. The maximum absolute atomic E-state index is 11.7. The summed E-state index contributed by atoms with van der Waals surface area (Å²) in [7, 11) is 3.08. The van der Waals surface area contributed by atoms with Crippen molar-refractivity contribution in [2.75, 3.05) is 26.1 Å². The number of ether oxygens (including phenoxy) is 2. The van der Waals surface area contributed by atoms with Crippen molar-refractivity contribution < 1.29 is 14.3 Å². The van der Waals surface area contributed by atoms with Crippen LogP contribution in [0.1, 0.15) is 0 Å². The van der Waals surface area contributed by atoms with Gasteiger partial charge in [-0.15, -0.1) is 12.4 Å². The van der Waals surface area contributed by atoms with Crippen LogP contribution in [0, 0.1) is 3.57 Å². The van der Waals surface area contributed by atoms with Gasteiger partial charge in [0.2, 0.25) is 5.91 Å². The number of methoxy groups -OCH3 is 2. The van der Waals surface area contributed by atoms with Crippen molar-refractivity contribution in [2.24, 2.45) is 5.73 Å². The van der Waals surface area contributed by atoms with Gasteiger partial charge >= 0.3 is 0 Å². The molecule has 18 heavy (non-hydrogen) atoms. The molecule has 0 fully saturated rings. The fraction of sp³-hybridized carbons (Fsp3) is 0.364. The Kier molecular flexibility index (Phi) is 8.25. The molecule has 1 atom stereocenters. The van der Waals surface area contributed by atoms with Crippen molar-refractivity contribution in [2.45, 2.75) is 6.04 Å². The summed E-state index contributed by atoms with van der Waals surface area (Å²) in [6.07, 6.45) is 0. The zero-order valence-corrected chi connectivity index (χ0v) is 13.1. The number of anilines is 1. The van der Waals surface area contributed by atoms with Gasteiger partial charge in [0.05, 0.1) is 19.4 Å². The van der Waals surface area contributed by atoms with Gasteiger partial charge < -0.3 is 20.5 Å². The van der Waals surface area contributed by atoms with Gasteiger partial charge in [-0.3, -0.25) is 4.79 Å². The third-order valence-electron chi connectivity index (χ3n) is 2.11. The summed E-state index contributed by atoms with van der Waals surface area (Å²) in [5.74, 6) is 0.402. The molecule has 102 valence electrons. The lowest BCUT2D eigenvalue weighted by Crippen LogP contribution is -2.39. The van der Waals surface area contributed by atoms with Gasteiger partial charge in [0.1, 0.15) is 11.8 Å². The molecule has 7 heteroatoms. The Labute approximate surface area is 126 Å². The smallest absolute Gasteiger partial charge is 0.243 e. The minimum absolute atomic E-state index is 0. The Bertz CT molecular complexity index is 404. The Balaban J connectivity index is 0.00000289. The molecule has 0 spiro atoms. The molecule has 0 saturated carbocycles. The third-order valence-corrected chi connectivity index (χ3v) is 3.06. The molecule has 1 amide bonds. The predicted molar refractivity (Wildman–Crippen MR) is 81.4 cm³/mol. The van der Waals surface area contributed by atoms with Gasteiger partial charge in [-0.25, -0.2) is 0 Å². The number of carbonyl (C=O) groups excluding carboxylic acids is 1. The fourth-order valence-corrected chi connectivity index (χ4v) is 1.68. The number of halogens is 2. The molecule has 0 heterocycles. The van der Waals surface area contributed by atoms with Crippen molar-refractivity contribution >= 4 is 46.6 Å². The molecule has 0 aliphatic rings. The van der Waals surface area contributed by atoms with E-state index in [-0.39, 0.29) is 24.9 Å². The van der Waals surface area contributed by atoms with E-state index in [4.69, 9.17) is 15.2 Å². The number of benzene rings is 1. The van der Waals surface area contributed by atoms with Crippen LogP contribution < -0.4 is 15.8 Å². The second kappa shape index (κ2) is 8.52. The highest BCUT2D eigenvalue weighted by atomic mass is 127. The Morgan fingerprint density at radius 2 is 2.17 bits per heavy atom. The summed E-state index contributed by atoms with van der Waals surface area (Å²) < 4.78 is 10.8. The molecule has 0 aromatic heterocycles. The highest BCUT2D eigenvalue weighted by molar-refractivity contribution is 14.1. The van der Waals surface area contributed by atoms with Gasteiger partial charge in [-0.2, -0.15) is 0 Å². The van der Waals surface area contributed by atoms with Crippen molar-refractivity contribution in [3.05, 3.63) is 21.8 Å². The normalized spacial score (nSPS) is 11.3. The molecule has 0 bridgehead atoms. The number of hydrogen-bond donors (Lipinski definition) is 2. The lowest BCUT2D eigenvalue weighted by Gasteiger charge is -2.13. The van der Waals surface area contributed by atoms with Gasteiger partial charge in [0.15, 0.2) is 0 Å². The van der Waals surface area contributed by atoms with E-state index < -0.39 is 6.04 Å². The second-order valence-corrected chi connectivity index (χ2v) is 4.56. The maximum atomic E-state index is 11.7. The summed E-state index contributed by atoms with van der Waals surface area (Å²) >= 11 is 2.13. The van der Waals surface area contributed by atoms with Crippen LogP contribution in [-0.2, 0) is 9.53 Å². The molecule has 0 saturated heterocycles. The van der Waals surface area contributed by atoms with Gasteiger partial charge in [0, 0.05) is 16.7 Å². The number of nitrogens with two attached hydrogens (primary N) is 1. The van der Waals surface area contributed by atoms with Crippen molar-refractivity contribution in [3.8, 4) is 5.75 Å². The average Bonchev–Trinajstić information content (AvgIpc) is 2.32. The first-order chi connectivity index (χ1) is 8.08. The first-order valence-electron chi connectivity index (χ1n) is 4.97. The molecule has 1 unspecified atom stereocenters. The highest BCUT2D eigenvalue weighted by Gasteiger charge is 2.14. The molecule has 0 aliphatic carbocycles. The van der Waals surface area contributed by atoms with Crippen molar-refractivity contribution in [3.63, 3.8) is 0 Å². The molecule has 0 radical (unpaired) electrons. The van der Waals surface area contributed by atoms with Crippen molar-refractivity contribution in [1.82, 2.24) is 0 Å². The van der Waals surface area contributed by atoms with E-state index in [2.05, 4.69) is 27.9 Å². The second-order valence-electron chi connectivity index (χ2n) is 3.40. The van der Waals surface area contributed by atoms with E-state index in [0.717, 1.165) is 3.57 Å². The third kappa shape index (κ3) is 4.97. The summed E-state index contributed by atoms with van der Waals surface area (Å²) in [6, 6.07) is 4.75. The minimum Gasteiger partial charge on any atom is -0.497 e. The Morgan fingerprint density at radius 1 is 1.50 bits per heavy atom. The zero-order valence-electron chi connectivity index (χ0n) is 10.1. The topological polar surface area (TPSA) is 73.6 Å². The maximum Gasteiger partial charge on any atom is 0.243 e. The fourth-order valence-electron chi connectivity index (χ4n) is 1.21. The van der Waals surface area contributed by atoms with Crippen LogP contribution in [0.2, 0.25) is 0 Å². The first-order valence-corrected chi connectivity index (χ1v) is 6.05. The summed E-state index contributed by atoms with van der Waals surface area (Å²) in [6.45, 7) is 0.187. The molecular weight excluding hydrogens is 370 g/mol. The molecule has 5 nitrogen and oxygen atoms in total. The molecule has 1 aromatic carbocycles. The molecule has 1 aromatic rings. The van der Waals surface area contributed by atoms with Crippen LogP contribution >= 0.6 is 35.0 Å². The summed E-state index contributed by atoms with van der Waals surface area (Å²) in [4.78, 5) is 11.7. The van der Waals surface area contributed by atoms with Gasteiger partial charge in [-0.05, 0) is 34.7 Å². The summed E-state index contributed by atoms with van der Waals surface area (Å²) in [5.41, 5.74) is 6.31. The number of nitrogens with one attached hydrogen (secondary N) is 1. The monoisotopic (exact) mass is 386 g/mol. The quantitative estimate of drug-likeness (QED) is 0.755. The SMILES string of the molecule is COCC(N)C(=O)Nc1cc(OC)ccc1I.Cl. The number of hydrogen-bond acceptors (Lipinski definition) is 4. The van der Waals surface area contributed by atoms with Gasteiger partial charge in [-0.1, -0.05) is 0 Å². The first kappa shape index (κ1) is 17.4. The van der Waals surface area contributed by atoms with Crippen LogP contribution in [0.4, 0.5) is 5.69 Å². The molecule has 0 aliphatic heterocycles. The highest BCUT2D eigenvalue weighted by Crippen LogP contribution is 2.23. The largest absolute Gasteiger partial charge is 0.497 e.